The smallest absolute Gasteiger partial charge is 0.200 e. The molecule has 14 heavy (non-hydrogen) atoms. The van der Waals surface area contributed by atoms with E-state index in [1.807, 2.05) is 16.8 Å². The number of imidazole rings is 1. The van der Waals surface area contributed by atoms with E-state index < -0.39 is 0 Å². The Morgan fingerprint density at radius 1 is 1.43 bits per heavy atom. The van der Waals surface area contributed by atoms with Crippen LogP contribution in [-0.4, -0.2) is 14.5 Å². The number of halogens is 1. The zero-order valence-corrected chi connectivity index (χ0v) is 8.15. The van der Waals surface area contributed by atoms with Crippen molar-refractivity contribution in [2.75, 3.05) is 5.73 Å². The fourth-order valence-corrected chi connectivity index (χ4v) is 1.41. The number of anilines is 1. The lowest BCUT2D eigenvalue weighted by Crippen LogP contribution is -2.03. The third-order valence-electron chi connectivity index (χ3n) is 1.86. The van der Waals surface area contributed by atoms with Crippen molar-refractivity contribution in [3.05, 3.63) is 41.4 Å². The topological polar surface area (TPSA) is 56.7 Å². The van der Waals surface area contributed by atoms with Gasteiger partial charge < -0.3 is 10.3 Å². The van der Waals surface area contributed by atoms with E-state index in [9.17, 15) is 0 Å². The largest absolute Gasteiger partial charge is 0.369 e. The van der Waals surface area contributed by atoms with Gasteiger partial charge in [-0.15, -0.1) is 0 Å². The molecule has 0 spiro atoms. The van der Waals surface area contributed by atoms with E-state index >= 15 is 0 Å². The molecule has 0 fully saturated rings. The minimum Gasteiger partial charge on any atom is -0.369 e. The first-order valence-electron chi connectivity index (χ1n) is 4.12. The van der Waals surface area contributed by atoms with Crippen LogP contribution in [-0.2, 0) is 6.54 Å². The molecule has 4 nitrogen and oxygen atoms in total. The van der Waals surface area contributed by atoms with Crippen LogP contribution < -0.4 is 5.73 Å². The second kappa shape index (κ2) is 3.67. The van der Waals surface area contributed by atoms with Crippen molar-refractivity contribution in [3.63, 3.8) is 0 Å². The number of pyridine rings is 1. The van der Waals surface area contributed by atoms with Gasteiger partial charge in [-0.05, 0) is 11.6 Å². The Bertz CT molecular complexity index is 438. The Hall–Kier alpha value is -1.55. The highest BCUT2D eigenvalue weighted by Crippen LogP contribution is 2.11. The number of nitrogens with zero attached hydrogens (tertiary/aromatic N) is 3. The molecule has 72 valence electrons. The Balaban J connectivity index is 2.23. The van der Waals surface area contributed by atoms with Crippen LogP contribution in [0.4, 0.5) is 5.95 Å². The highest BCUT2D eigenvalue weighted by atomic mass is 35.5. The van der Waals surface area contributed by atoms with Crippen molar-refractivity contribution < 1.29 is 0 Å². The molecule has 0 saturated carbocycles. The summed E-state index contributed by atoms with van der Waals surface area (Å²) in [6.07, 6.45) is 6.83. The van der Waals surface area contributed by atoms with Crippen LogP contribution in [0.5, 0.6) is 0 Å². The molecule has 2 heterocycles. The molecular weight excluding hydrogens is 200 g/mol. The quantitative estimate of drug-likeness (QED) is 0.815. The van der Waals surface area contributed by atoms with Crippen LogP contribution in [0.1, 0.15) is 5.56 Å². The first-order valence-corrected chi connectivity index (χ1v) is 4.49. The maximum atomic E-state index is 5.81. The van der Waals surface area contributed by atoms with Crippen molar-refractivity contribution >= 4 is 17.5 Å². The van der Waals surface area contributed by atoms with Gasteiger partial charge in [-0.3, -0.25) is 4.98 Å². The predicted octanol–water partition coefficient (Wildman–Crippen LogP) is 1.56. The van der Waals surface area contributed by atoms with Crippen molar-refractivity contribution in [1.82, 2.24) is 14.5 Å². The van der Waals surface area contributed by atoms with Crippen LogP contribution in [0, 0.1) is 0 Å². The molecule has 2 aromatic heterocycles. The lowest BCUT2D eigenvalue weighted by Gasteiger charge is -2.04. The summed E-state index contributed by atoms with van der Waals surface area (Å²) in [5, 5.41) is 0.626. The molecule has 0 aliphatic heterocycles. The van der Waals surface area contributed by atoms with Gasteiger partial charge in [0.15, 0.2) is 5.95 Å². The van der Waals surface area contributed by atoms with E-state index in [2.05, 4.69) is 9.97 Å². The summed E-state index contributed by atoms with van der Waals surface area (Å²) in [5.41, 5.74) is 6.63. The highest BCUT2D eigenvalue weighted by molar-refractivity contribution is 6.30. The molecule has 0 unspecified atom stereocenters. The standard InChI is InChI=1S/C9H9ClN4/c10-8-3-7(4-12-5-8)6-14-2-1-13-9(14)11/h1-5H,6H2,(H2,11,13). The average Bonchev–Trinajstić information content (AvgIpc) is 2.52. The Kier molecular flexibility index (Phi) is 2.37. The number of nitrogens with two attached hydrogens (primary N) is 1. The third kappa shape index (κ3) is 1.85. The van der Waals surface area contributed by atoms with Gasteiger partial charge in [0.05, 0.1) is 11.6 Å². The van der Waals surface area contributed by atoms with E-state index in [-0.39, 0.29) is 0 Å². The number of nitrogen functional groups attached to an aromatic ring is 1. The van der Waals surface area contributed by atoms with Crippen LogP contribution in [0.2, 0.25) is 5.02 Å². The van der Waals surface area contributed by atoms with Gasteiger partial charge in [0.25, 0.3) is 0 Å². The third-order valence-corrected chi connectivity index (χ3v) is 2.07. The second-order valence-corrected chi connectivity index (χ2v) is 3.36. The molecule has 5 heteroatoms. The van der Waals surface area contributed by atoms with Crippen LogP contribution in [0.3, 0.4) is 0 Å². The molecular formula is C9H9ClN4. The van der Waals surface area contributed by atoms with E-state index in [1.54, 1.807) is 18.6 Å². The summed E-state index contributed by atoms with van der Waals surface area (Å²) < 4.78 is 1.83. The summed E-state index contributed by atoms with van der Waals surface area (Å²) in [6.45, 7) is 0.638. The number of hydrogen-bond acceptors (Lipinski definition) is 3. The molecule has 2 rings (SSSR count). The molecule has 0 amide bonds. The van der Waals surface area contributed by atoms with Gasteiger partial charge in [0, 0.05) is 24.8 Å². The fraction of sp³-hybridized carbons (Fsp3) is 0.111. The van der Waals surface area contributed by atoms with E-state index in [4.69, 9.17) is 17.3 Å². The van der Waals surface area contributed by atoms with Crippen LogP contribution in [0.25, 0.3) is 0 Å². The fourth-order valence-electron chi connectivity index (χ4n) is 1.21. The molecule has 0 aromatic carbocycles. The summed E-state index contributed by atoms with van der Waals surface area (Å²) in [4.78, 5) is 7.91. The van der Waals surface area contributed by atoms with Gasteiger partial charge in [-0.25, -0.2) is 4.98 Å². The van der Waals surface area contributed by atoms with Gasteiger partial charge >= 0.3 is 0 Å². The number of aromatic nitrogens is 3. The second-order valence-electron chi connectivity index (χ2n) is 2.92. The molecule has 0 bridgehead atoms. The SMILES string of the molecule is Nc1nccn1Cc1cncc(Cl)c1. The van der Waals surface area contributed by atoms with Gasteiger partial charge in [-0.1, -0.05) is 11.6 Å². The van der Waals surface area contributed by atoms with E-state index in [0.717, 1.165) is 5.56 Å². The Morgan fingerprint density at radius 3 is 2.93 bits per heavy atom. The summed E-state index contributed by atoms with van der Waals surface area (Å²) in [5.74, 6) is 0.491. The summed E-state index contributed by atoms with van der Waals surface area (Å²) >= 11 is 5.81. The normalized spacial score (nSPS) is 10.4. The molecule has 0 aliphatic carbocycles. The van der Waals surface area contributed by atoms with Gasteiger partial charge in [-0.2, -0.15) is 0 Å². The maximum absolute atomic E-state index is 5.81. The van der Waals surface area contributed by atoms with E-state index in [0.29, 0.717) is 17.5 Å². The molecule has 0 saturated heterocycles. The molecule has 2 aromatic rings. The van der Waals surface area contributed by atoms with Crippen LogP contribution >= 0.6 is 11.6 Å². The van der Waals surface area contributed by atoms with E-state index in [1.165, 1.54) is 0 Å². The number of rotatable bonds is 2. The van der Waals surface area contributed by atoms with Gasteiger partial charge in [0.1, 0.15) is 0 Å². The monoisotopic (exact) mass is 208 g/mol. The first kappa shape index (κ1) is 9.02. The van der Waals surface area contributed by atoms with Crippen LogP contribution in [0.15, 0.2) is 30.9 Å². The molecule has 0 radical (unpaired) electrons. The minimum absolute atomic E-state index is 0.491. The zero-order valence-electron chi connectivity index (χ0n) is 7.39. The minimum atomic E-state index is 0.491. The predicted molar refractivity (Wildman–Crippen MR) is 55.0 cm³/mol. The van der Waals surface area contributed by atoms with Crippen molar-refractivity contribution in [3.8, 4) is 0 Å². The Morgan fingerprint density at radius 2 is 2.29 bits per heavy atom. The molecule has 0 atom stereocenters. The Labute approximate surface area is 86.4 Å². The van der Waals surface area contributed by atoms with Gasteiger partial charge in [0.2, 0.25) is 0 Å². The van der Waals surface area contributed by atoms with Crippen molar-refractivity contribution in [1.29, 1.82) is 0 Å². The molecule has 0 aliphatic rings. The first-order chi connectivity index (χ1) is 6.75. The lowest BCUT2D eigenvalue weighted by molar-refractivity contribution is 0.806. The van der Waals surface area contributed by atoms with Crippen molar-refractivity contribution in [2.45, 2.75) is 6.54 Å². The highest BCUT2D eigenvalue weighted by Gasteiger charge is 1.99. The maximum Gasteiger partial charge on any atom is 0.200 e. The zero-order chi connectivity index (χ0) is 9.97. The lowest BCUT2D eigenvalue weighted by atomic mass is 10.3. The number of hydrogen-bond donors (Lipinski definition) is 1. The molecule has 2 N–H and O–H groups in total. The summed E-state index contributed by atoms with van der Waals surface area (Å²) in [6, 6.07) is 1.86. The average molecular weight is 209 g/mol. The summed E-state index contributed by atoms with van der Waals surface area (Å²) in [7, 11) is 0. The van der Waals surface area contributed by atoms with Crippen molar-refractivity contribution in [2.24, 2.45) is 0 Å².